The maximum atomic E-state index is 10.8. The Morgan fingerprint density at radius 2 is 2.33 bits per heavy atom. The van der Waals surface area contributed by atoms with Crippen LogP contribution in [0.15, 0.2) is 18.5 Å². The van der Waals surface area contributed by atoms with Gasteiger partial charge < -0.3 is 10.9 Å². The average Bonchev–Trinajstić information content (AvgIpc) is 2.71. The molecule has 0 atom stereocenters. The SMILES string of the molecule is Nn1ccc(C2(C(=O)O)CC2)c1. The topological polar surface area (TPSA) is 68.2 Å². The van der Waals surface area contributed by atoms with Gasteiger partial charge >= 0.3 is 5.97 Å². The Morgan fingerprint density at radius 3 is 2.67 bits per heavy atom. The fourth-order valence-corrected chi connectivity index (χ4v) is 1.45. The number of nitrogens with zero attached hydrogens (tertiary/aromatic N) is 1. The summed E-state index contributed by atoms with van der Waals surface area (Å²) in [5, 5.41) is 8.92. The van der Waals surface area contributed by atoms with Crippen molar-refractivity contribution < 1.29 is 9.90 Å². The minimum absolute atomic E-state index is 0.620. The van der Waals surface area contributed by atoms with E-state index in [9.17, 15) is 4.79 Å². The number of rotatable bonds is 2. The van der Waals surface area contributed by atoms with Gasteiger partial charge in [0, 0.05) is 12.4 Å². The van der Waals surface area contributed by atoms with Crippen LogP contribution in [-0.2, 0) is 10.2 Å². The first-order chi connectivity index (χ1) is 5.65. The van der Waals surface area contributed by atoms with Crippen molar-refractivity contribution in [3.63, 3.8) is 0 Å². The molecule has 1 aliphatic rings. The van der Waals surface area contributed by atoms with Crippen molar-refractivity contribution in [2.24, 2.45) is 0 Å². The van der Waals surface area contributed by atoms with Crippen molar-refractivity contribution in [1.29, 1.82) is 0 Å². The van der Waals surface area contributed by atoms with E-state index >= 15 is 0 Å². The first kappa shape index (κ1) is 7.21. The van der Waals surface area contributed by atoms with Crippen LogP contribution >= 0.6 is 0 Å². The van der Waals surface area contributed by atoms with Crippen molar-refractivity contribution >= 4 is 5.97 Å². The van der Waals surface area contributed by atoms with Crippen molar-refractivity contribution in [1.82, 2.24) is 4.68 Å². The van der Waals surface area contributed by atoms with E-state index in [1.807, 2.05) is 0 Å². The summed E-state index contributed by atoms with van der Waals surface area (Å²) in [5.41, 5.74) is 0.197. The van der Waals surface area contributed by atoms with Crippen LogP contribution in [0.2, 0.25) is 0 Å². The van der Waals surface area contributed by atoms with Crippen LogP contribution in [0.3, 0.4) is 0 Å². The van der Waals surface area contributed by atoms with Gasteiger partial charge in [0.25, 0.3) is 0 Å². The van der Waals surface area contributed by atoms with Crippen LogP contribution in [0.1, 0.15) is 18.4 Å². The molecule has 1 heterocycles. The van der Waals surface area contributed by atoms with E-state index in [0.717, 1.165) is 18.4 Å². The number of hydrogen-bond acceptors (Lipinski definition) is 2. The van der Waals surface area contributed by atoms with Crippen LogP contribution in [0, 0.1) is 0 Å². The van der Waals surface area contributed by atoms with Crippen LogP contribution in [0.5, 0.6) is 0 Å². The number of nitrogens with two attached hydrogens (primary N) is 1. The smallest absolute Gasteiger partial charge is 0.314 e. The zero-order valence-electron chi connectivity index (χ0n) is 6.53. The predicted molar refractivity (Wildman–Crippen MR) is 43.1 cm³/mol. The fraction of sp³-hybridized carbons (Fsp3) is 0.375. The molecule has 1 aromatic heterocycles. The van der Waals surface area contributed by atoms with Gasteiger partial charge in [-0.25, -0.2) is 0 Å². The summed E-state index contributed by atoms with van der Waals surface area (Å²) in [4.78, 5) is 10.8. The molecule has 3 N–H and O–H groups in total. The third kappa shape index (κ3) is 0.809. The molecule has 1 aromatic rings. The van der Waals surface area contributed by atoms with Gasteiger partial charge in [0.2, 0.25) is 0 Å². The molecule has 4 heteroatoms. The lowest BCUT2D eigenvalue weighted by atomic mass is 10.00. The standard InChI is InChI=1S/C8H10N2O2/c9-10-4-1-6(5-10)8(2-3-8)7(11)12/h1,4-5H,2-3,9H2,(H,11,12). The number of hydrogen-bond donors (Lipinski definition) is 2. The minimum Gasteiger partial charge on any atom is -0.481 e. The van der Waals surface area contributed by atoms with Crippen LogP contribution in [0.25, 0.3) is 0 Å². The van der Waals surface area contributed by atoms with Gasteiger partial charge in [0.05, 0.1) is 5.41 Å². The quantitative estimate of drug-likeness (QED) is 0.621. The minimum atomic E-state index is -0.742. The van der Waals surface area contributed by atoms with E-state index in [0.29, 0.717) is 0 Å². The van der Waals surface area contributed by atoms with E-state index < -0.39 is 11.4 Å². The number of aliphatic carboxylic acids is 1. The molecule has 2 rings (SSSR count). The number of aromatic nitrogens is 1. The summed E-state index contributed by atoms with van der Waals surface area (Å²) in [6.07, 6.45) is 4.79. The summed E-state index contributed by atoms with van der Waals surface area (Å²) >= 11 is 0. The Morgan fingerprint density at radius 1 is 1.67 bits per heavy atom. The molecule has 12 heavy (non-hydrogen) atoms. The Hall–Kier alpha value is -1.45. The van der Waals surface area contributed by atoms with E-state index in [1.54, 1.807) is 18.5 Å². The molecule has 4 nitrogen and oxygen atoms in total. The van der Waals surface area contributed by atoms with Gasteiger partial charge in [-0.05, 0) is 24.5 Å². The third-order valence-corrected chi connectivity index (χ3v) is 2.43. The summed E-state index contributed by atoms with van der Waals surface area (Å²) in [6, 6.07) is 1.76. The molecule has 1 aliphatic carbocycles. The molecule has 0 saturated heterocycles. The molecule has 0 aromatic carbocycles. The summed E-state index contributed by atoms with van der Waals surface area (Å²) in [6.45, 7) is 0. The van der Waals surface area contributed by atoms with Gasteiger partial charge in [0.15, 0.2) is 0 Å². The van der Waals surface area contributed by atoms with E-state index in [2.05, 4.69) is 0 Å². The molecule has 0 unspecified atom stereocenters. The van der Waals surface area contributed by atoms with E-state index in [4.69, 9.17) is 10.9 Å². The molecular formula is C8H10N2O2. The lowest BCUT2D eigenvalue weighted by Gasteiger charge is -2.05. The highest BCUT2D eigenvalue weighted by Crippen LogP contribution is 2.48. The van der Waals surface area contributed by atoms with Gasteiger partial charge in [0.1, 0.15) is 0 Å². The predicted octanol–water partition coefficient (Wildman–Crippen LogP) is 0.318. The lowest BCUT2D eigenvalue weighted by molar-refractivity contribution is -0.140. The second-order valence-corrected chi connectivity index (χ2v) is 3.23. The monoisotopic (exact) mass is 166 g/mol. The van der Waals surface area contributed by atoms with Gasteiger partial charge in [-0.3, -0.25) is 9.47 Å². The number of carboxylic acids is 1. The van der Waals surface area contributed by atoms with Crippen LogP contribution in [-0.4, -0.2) is 15.8 Å². The molecule has 0 bridgehead atoms. The average molecular weight is 166 g/mol. The highest BCUT2D eigenvalue weighted by Gasteiger charge is 2.52. The number of nitrogen functional groups attached to an aromatic ring is 1. The molecular weight excluding hydrogens is 156 g/mol. The van der Waals surface area contributed by atoms with Gasteiger partial charge in [-0.15, -0.1) is 0 Å². The number of carboxylic acid groups (broad SMARTS) is 1. The largest absolute Gasteiger partial charge is 0.481 e. The third-order valence-electron chi connectivity index (χ3n) is 2.43. The van der Waals surface area contributed by atoms with Crippen molar-refractivity contribution in [2.75, 3.05) is 5.84 Å². The zero-order valence-corrected chi connectivity index (χ0v) is 6.53. The molecule has 0 spiro atoms. The van der Waals surface area contributed by atoms with Crippen LogP contribution in [0.4, 0.5) is 0 Å². The molecule has 1 fully saturated rings. The Labute approximate surface area is 69.6 Å². The zero-order chi connectivity index (χ0) is 8.77. The Balaban J connectivity index is 2.36. The first-order valence-electron chi connectivity index (χ1n) is 3.82. The molecule has 0 aliphatic heterocycles. The second-order valence-electron chi connectivity index (χ2n) is 3.23. The van der Waals surface area contributed by atoms with Crippen molar-refractivity contribution in [3.05, 3.63) is 24.0 Å². The normalized spacial score (nSPS) is 19.0. The highest BCUT2D eigenvalue weighted by molar-refractivity contribution is 5.84. The van der Waals surface area contributed by atoms with Crippen molar-refractivity contribution in [2.45, 2.75) is 18.3 Å². The Kier molecular flexibility index (Phi) is 1.22. The van der Waals surface area contributed by atoms with Crippen LogP contribution < -0.4 is 5.84 Å². The molecule has 0 amide bonds. The van der Waals surface area contributed by atoms with Gasteiger partial charge in [-0.2, -0.15) is 0 Å². The van der Waals surface area contributed by atoms with E-state index in [-0.39, 0.29) is 0 Å². The number of carbonyl (C=O) groups is 1. The molecule has 0 radical (unpaired) electrons. The summed E-state index contributed by atoms with van der Waals surface area (Å²) in [7, 11) is 0. The lowest BCUT2D eigenvalue weighted by Crippen LogP contribution is -2.19. The Bertz CT molecular complexity index is 326. The second kappa shape index (κ2) is 2.03. The highest BCUT2D eigenvalue weighted by atomic mass is 16.4. The first-order valence-corrected chi connectivity index (χ1v) is 3.82. The maximum Gasteiger partial charge on any atom is 0.314 e. The van der Waals surface area contributed by atoms with Crippen molar-refractivity contribution in [3.8, 4) is 0 Å². The molecule has 1 saturated carbocycles. The fourth-order valence-electron chi connectivity index (χ4n) is 1.45. The maximum absolute atomic E-state index is 10.8. The van der Waals surface area contributed by atoms with Gasteiger partial charge in [-0.1, -0.05) is 0 Å². The van der Waals surface area contributed by atoms with E-state index in [1.165, 1.54) is 4.68 Å². The molecule has 64 valence electrons. The summed E-state index contributed by atoms with van der Waals surface area (Å²) < 4.78 is 1.39. The summed E-state index contributed by atoms with van der Waals surface area (Å²) in [5.74, 6) is 4.68.